The molecule has 1 aromatic heterocycles. The predicted molar refractivity (Wildman–Crippen MR) is 81.7 cm³/mol. The van der Waals surface area contributed by atoms with Crippen molar-refractivity contribution in [1.29, 1.82) is 0 Å². The standard InChI is InChI=1S/C14H23N3O3S/c1-5-20-12-9-11(14(12,2)3)17-21(18,19)10-6-7-16-13(8-10)15-4/h6-8,11-12,17H,5,9H2,1-4H3,(H,15,16). The molecule has 1 aliphatic rings. The van der Waals surface area contributed by atoms with Crippen LogP contribution in [0.15, 0.2) is 23.2 Å². The third-order valence-corrected chi connectivity index (χ3v) is 5.61. The van der Waals surface area contributed by atoms with Gasteiger partial charge >= 0.3 is 0 Å². The first-order valence-electron chi connectivity index (χ1n) is 7.09. The molecule has 1 saturated carbocycles. The number of ether oxygens (including phenoxy) is 1. The molecule has 2 rings (SSSR count). The van der Waals surface area contributed by atoms with E-state index in [1.807, 2.05) is 20.8 Å². The normalized spacial score (nSPS) is 24.4. The number of nitrogens with one attached hydrogen (secondary N) is 2. The van der Waals surface area contributed by atoms with Crippen LogP contribution in [0.3, 0.4) is 0 Å². The van der Waals surface area contributed by atoms with Crippen molar-refractivity contribution >= 4 is 15.8 Å². The Kier molecular flexibility index (Phi) is 4.55. The van der Waals surface area contributed by atoms with Crippen LogP contribution in [0.1, 0.15) is 27.2 Å². The Morgan fingerprint density at radius 3 is 2.76 bits per heavy atom. The van der Waals surface area contributed by atoms with E-state index in [-0.39, 0.29) is 22.5 Å². The van der Waals surface area contributed by atoms with E-state index in [4.69, 9.17) is 4.74 Å². The highest BCUT2D eigenvalue weighted by Crippen LogP contribution is 2.43. The zero-order chi connectivity index (χ0) is 15.7. The number of nitrogens with zero attached hydrogens (tertiary/aromatic N) is 1. The summed E-state index contributed by atoms with van der Waals surface area (Å²) in [6.07, 6.45) is 2.28. The van der Waals surface area contributed by atoms with Crippen molar-refractivity contribution in [1.82, 2.24) is 9.71 Å². The van der Waals surface area contributed by atoms with Crippen molar-refractivity contribution in [2.24, 2.45) is 5.41 Å². The highest BCUT2D eigenvalue weighted by Gasteiger charge is 2.50. The summed E-state index contributed by atoms with van der Waals surface area (Å²) < 4.78 is 33.3. The summed E-state index contributed by atoms with van der Waals surface area (Å²) in [5, 5.41) is 2.84. The predicted octanol–water partition coefficient (Wildman–Crippen LogP) is 1.61. The van der Waals surface area contributed by atoms with Gasteiger partial charge < -0.3 is 10.1 Å². The molecule has 2 atom stereocenters. The number of hydrogen-bond acceptors (Lipinski definition) is 5. The van der Waals surface area contributed by atoms with Gasteiger partial charge in [0.25, 0.3) is 0 Å². The summed E-state index contributed by atoms with van der Waals surface area (Å²) in [4.78, 5) is 4.25. The summed E-state index contributed by atoms with van der Waals surface area (Å²) in [5.74, 6) is 0.526. The lowest BCUT2D eigenvalue weighted by Gasteiger charge is -2.51. The van der Waals surface area contributed by atoms with Crippen LogP contribution in [-0.4, -0.2) is 39.2 Å². The average Bonchev–Trinajstić information content (AvgIpc) is 2.46. The molecule has 2 unspecified atom stereocenters. The molecule has 0 aromatic carbocycles. The van der Waals surface area contributed by atoms with Gasteiger partial charge in [-0.05, 0) is 19.4 Å². The molecule has 6 nitrogen and oxygen atoms in total. The van der Waals surface area contributed by atoms with Crippen molar-refractivity contribution in [3.05, 3.63) is 18.3 Å². The first-order valence-corrected chi connectivity index (χ1v) is 8.57. The van der Waals surface area contributed by atoms with Gasteiger partial charge in [0, 0.05) is 37.4 Å². The van der Waals surface area contributed by atoms with E-state index >= 15 is 0 Å². The third kappa shape index (κ3) is 3.20. The number of aromatic nitrogens is 1. The zero-order valence-electron chi connectivity index (χ0n) is 12.9. The summed E-state index contributed by atoms with van der Waals surface area (Å²) in [5.41, 5.74) is -0.206. The minimum absolute atomic E-state index is 0.0977. The minimum atomic E-state index is -3.55. The SMILES string of the molecule is CCOC1CC(NS(=O)(=O)c2ccnc(NC)c2)C1(C)C. The van der Waals surface area contributed by atoms with Crippen LogP contribution in [0.2, 0.25) is 0 Å². The van der Waals surface area contributed by atoms with Gasteiger partial charge in [-0.25, -0.2) is 18.1 Å². The Bertz CT molecular complexity index is 601. The molecule has 21 heavy (non-hydrogen) atoms. The van der Waals surface area contributed by atoms with Crippen molar-refractivity contribution < 1.29 is 13.2 Å². The van der Waals surface area contributed by atoms with Gasteiger partial charge in [-0.2, -0.15) is 0 Å². The molecule has 0 bridgehead atoms. The molecular formula is C14H23N3O3S. The Morgan fingerprint density at radius 1 is 1.48 bits per heavy atom. The first-order chi connectivity index (χ1) is 9.81. The second-order valence-corrected chi connectivity index (χ2v) is 7.52. The fourth-order valence-corrected chi connectivity index (χ4v) is 3.96. The fourth-order valence-electron chi connectivity index (χ4n) is 2.54. The molecule has 0 amide bonds. The molecule has 0 radical (unpaired) electrons. The number of anilines is 1. The lowest BCUT2D eigenvalue weighted by atomic mass is 9.65. The van der Waals surface area contributed by atoms with Crippen molar-refractivity contribution in [3.8, 4) is 0 Å². The van der Waals surface area contributed by atoms with Crippen LogP contribution >= 0.6 is 0 Å². The van der Waals surface area contributed by atoms with Crippen LogP contribution in [0.4, 0.5) is 5.82 Å². The molecule has 1 aliphatic carbocycles. The monoisotopic (exact) mass is 313 g/mol. The maximum absolute atomic E-state index is 12.4. The van der Waals surface area contributed by atoms with Crippen LogP contribution in [0.5, 0.6) is 0 Å². The van der Waals surface area contributed by atoms with Crippen LogP contribution < -0.4 is 10.0 Å². The Labute approximate surface area is 126 Å². The lowest BCUT2D eigenvalue weighted by molar-refractivity contribution is -0.108. The number of rotatable bonds is 6. The Morgan fingerprint density at radius 2 is 2.19 bits per heavy atom. The van der Waals surface area contributed by atoms with Crippen molar-refractivity contribution in [2.45, 2.75) is 44.2 Å². The van der Waals surface area contributed by atoms with Gasteiger partial charge in [-0.15, -0.1) is 0 Å². The van der Waals surface area contributed by atoms with E-state index < -0.39 is 10.0 Å². The number of sulfonamides is 1. The number of hydrogen-bond donors (Lipinski definition) is 2. The van der Waals surface area contributed by atoms with E-state index in [9.17, 15) is 8.42 Å². The van der Waals surface area contributed by atoms with Gasteiger partial charge in [0.05, 0.1) is 11.0 Å². The molecule has 0 aliphatic heterocycles. The van der Waals surface area contributed by atoms with Crippen molar-refractivity contribution in [2.75, 3.05) is 19.0 Å². The van der Waals surface area contributed by atoms with Crippen molar-refractivity contribution in [3.63, 3.8) is 0 Å². The van der Waals surface area contributed by atoms with Gasteiger partial charge in [0.2, 0.25) is 10.0 Å². The second-order valence-electron chi connectivity index (χ2n) is 5.80. The lowest BCUT2D eigenvalue weighted by Crippen LogP contribution is -2.61. The molecular weight excluding hydrogens is 290 g/mol. The maximum atomic E-state index is 12.4. The average molecular weight is 313 g/mol. The largest absolute Gasteiger partial charge is 0.378 e. The second kappa shape index (κ2) is 5.90. The first kappa shape index (κ1) is 16.2. The molecule has 1 aromatic rings. The van der Waals surface area contributed by atoms with E-state index in [0.29, 0.717) is 18.8 Å². The van der Waals surface area contributed by atoms with E-state index in [2.05, 4.69) is 15.0 Å². The quantitative estimate of drug-likeness (QED) is 0.834. The molecule has 0 saturated heterocycles. The van der Waals surface area contributed by atoms with Crippen LogP contribution in [0.25, 0.3) is 0 Å². The number of pyridine rings is 1. The van der Waals surface area contributed by atoms with Gasteiger partial charge in [0.15, 0.2) is 0 Å². The van der Waals surface area contributed by atoms with Crippen LogP contribution in [-0.2, 0) is 14.8 Å². The van der Waals surface area contributed by atoms with E-state index in [1.54, 1.807) is 7.05 Å². The smallest absolute Gasteiger partial charge is 0.241 e. The van der Waals surface area contributed by atoms with Crippen LogP contribution in [0, 0.1) is 5.41 Å². The summed E-state index contributed by atoms with van der Waals surface area (Å²) in [6.45, 7) is 6.64. The summed E-state index contributed by atoms with van der Waals surface area (Å²) in [6, 6.07) is 2.90. The highest BCUT2D eigenvalue weighted by molar-refractivity contribution is 7.89. The summed E-state index contributed by atoms with van der Waals surface area (Å²) in [7, 11) is -1.85. The topological polar surface area (TPSA) is 80.3 Å². The zero-order valence-corrected chi connectivity index (χ0v) is 13.7. The van der Waals surface area contributed by atoms with Gasteiger partial charge in [-0.1, -0.05) is 13.8 Å². The molecule has 7 heteroatoms. The van der Waals surface area contributed by atoms with Gasteiger partial charge in [-0.3, -0.25) is 0 Å². The molecule has 0 spiro atoms. The Hall–Kier alpha value is -1.18. The third-order valence-electron chi connectivity index (χ3n) is 4.14. The molecule has 118 valence electrons. The summed E-state index contributed by atoms with van der Waals surface area (Å²) >= 11 is 0. The molecule has 1 fully saturated rings. The van der Waals surface area contributed by atoms with Gasteiger partial charge in [0.1, 0.15) is 5.82 Å². The fraction of sp³-hybridized carbons (Fsp3) is 0.643. The van der Waals surface area contributed by atoms with E-state index in [1.165, 1.54) is 18.3 Å². The minimum Gasteiger partial charge on any atom is -0.378 e. The van der Waals surface area contributed by atoms with E-state index in [0.717, 1.165) is 0 Å². The highest BCUT2D eigenvalue weighted by atomic mass is 32.2. The molecule has 2 N–H and O–H groups in total. The molecule has 1 heterocycles. The Balaban J connectivity index is 2.12. The maximum Gasteiger partial charge on any atom is 0.241 e.